The Morgan fingerprint density at radius 2 is 1.54 bits per heavy atom. The molecular formula is C36H40BrN3O5S. The maximum atomic E-state index is 14.5. The molecule has 4 rings (SSSR count). The van der Waals surface area contributed by atoms with Crippen molar-refractivity contribution in [1.29, 1.82) is 0 Å². The van der Waals surface area contributed by atoms with Gasteiger partial charge in [-0.05, 0) is 79.9 Å². The van der Waals surface area contributed by atoms with Crippen molar-refractivity contribution in [3.05, 3.63) is 124 Å². The van der Waals surface area contributed by atoms with Gasteiger partial charge in [0.1, 0.15) is 18.3 Å². The second-order valence-electron chi connectivity index (χ2n) is 10.9. The normalized spacial score (nSPS) is 11.8. The fraction of sp³-hybridized carbons (Fsp3) is 0.278. The monoisotopic (exact) mass is 705 g/mol. The molecule has 0 fully saturated rings. The first-order valence-electron chi connectivity index (χ1n) is 15.3. The van der Waals surface area contributed by atoms with Gasteiger partial charge >= 0.3 is 0 Å². The minimum atomic E-state index is -4.19. The predicted octanol–water partition coefficient (Wildman–Crippen LogP) is 6.52. The molecule has 8 nitrogen and oxygen atoms in total. The number of nitrogens with zero attached hydrogens (tertiary/aromatic N) is 2. The van der Waals surface area contributed by atoms with Crippen molar-refractivity contribution in [2.24, 2.45) is 0 Å². The molecule has 0 spiro atoms. The molecule has 1 N–H and O–H groups in total. The van der Waals surface area contributed by atoms with Crippen LogP contribution in [0.4, 0.5) is 5.69 Å². The van der Waals surface area contributed by atoms with Crippen molar-refractivity contribution in [2.75, 3.05) is 24.0 Å². The van der Waals surface area contributed by atoms with Gasteiger partial charge in [-0.15, -0.1) is 0 Å². The van der Waals surface area contributed by atoms with Crippen LogP contribution in [0.2, 0.25) is 0 Å². The summed E-state index contributed by atoms with van der Waals surface area (Å²) in [5, 5.41) is 2.96. The second kappa shape index (κ2) is 16.4. The first kappa shape index (κ1) is 34.7. The van der Waals surface area contributed by atoms with Crippen LogP contribution in [0.5, 0.6) is 5.75 Å². The van der Waals surface area contributed by atoms with Gasteiger partial charge in [0.25, 0.3) is 10.0 Å². The van der Waals surface area contributed by atoms with Crippen molar-refractivity contribution < 1.29 is 22.7 Å². The van der Waals surface area contributed by atoms with Crippen LogP contribution in [-0.2, 0) is 32.6 Å². The number of anilines is 1. The molecule has 0 bridgehead atoms. The lowest BCUT2D eigenvalue weighted by Gasteiger charge is -2.34. The van der Waals surface area contributed by atoms with Gasteiger partial charge in [-0.25, -0.2) is 8.42 Å². The van der Waals surface area contributed by atoms with Crippen LogP contribution in [0.25, 0.3) is 0 Å². The maximum Gasteiger partial charge on any atom is 0.264 e. The van der Waals surface area contributed by atoms with Gasteiger partial charge < -0.3 is 15.0 Å². The highest BCUT2D eigenvalue weighted by molar-refractivity contribution is 9.10. The predicted molar refractivity (Wildman–Crippen MR) is 185 cm³/mol. The summed E-state index contributed by atoms with van der Waals surface area (Å²) in [6.07, 6.45) is 0.980. The van der Waals surface area contributed by atoms with Crippen LogP contribution < -0.4 is 14.4 Å². The molecule has 0 aliphatic heterocycles. The van der Waals surface area contributed by atoms with Crippen molar-refractivity contribution in [1.82, 2.24) is 10.2 Å². The van der Waals surface area contributed by atoms with Gasteiger partial charge in [0.2, 0.25) is 11.8 Å². The van der Waals surface area contributed by atoms with E-state index in [1.54, 1.807) is 36.4 Å². The molecule has 242 valence electrons. The molecule has 0 heterocycles. The molecule has 1 atom stereocenters. The number of halogens is 1. The van der Waals surface area contributed by atoms with Gasteiger partial charge in [-0.2, -0.15) is 0 Å². The molecule has 0 radical (unpaired) electrons. The zero-order chi connectivity index (χ0) is 33.1. The lowest BCUT2D eigenvalue weighted by molar-refractivity contribution is -0.140. The number of hydrogen-bond acceptors (Lipinski definition) is 5. The summed E-state index contributed by atoms with van der Waals surface area (Å²) in [6, 6.07) is 29.2. The zero-order valence-electron chi connectivity index (χ0n) is 26.4. The molecule has 0 aliphatic carbocycles. The highest BCUT2D eigenvalue weighted by Gasteiger charge is 2.34. The van der Waals surface area contributed by atoms with E-state index in [1.807, 2.05) is 75.4 Å². The largest absolute Gasteiger partial charge is 0.494 e. The lowest BCUT2D eigenvalue weighted by atomic mass is 10.0. The smallest absolute Gasteiger partial charge is 0.264 e. The summed E-state index contributed by atoms with van der Waals surface area (Å²) in [5.41, 5.74) is 2.87. The third-order valence-electron chi connectivity index (χ3n) is 7.39. The standard InChI is InChI=1S/C36H40BrN3O5S/c1-4-22-38-36(42)34(24-28-10-7-6-8-11-28)39(25-29-12-9-13-30(37)23-29)35(41)26-40(31-16-18-32(19-17-31)45-5-2)46(43,44)33-20-14-27(3)15-21-33/h6-21,23,34H,4-5,22,24-26H2,1-3H3,(H,38,42)/t34-/m1/s1. The number of ether oxygens (including phenoxy) is 1. The minimum Gasteiger partial charge on any atom is -0.494 e. The Labute approximate surface area is 280 Å². The molecule has 0 saturated heterocycles. The summed E-state index contributed by atoms with van der Waals surface area (Å²) in [4.78, 5) is 29.8. The van der Waals surface area contributed by atoms with E-state index in [-0.39, 0.29) is 23.8 Å². The third kappa shape index (κ3) is 9.20. The van der Waals surface area contributed by atoms with Crippen LogP contribution in [0, 0.1) is 6.92 Å². The number of nitrogens with one attached hydrogen (secondary N) is 1. The van der Waals surface area contributed by atoms with Crippen molar-refractivity contribution >= 4 is 43.5 Å². The number of rotatable bonds is 15. The van der Waals surface area contributed by atoms with Gasteiger partial charge in [0, 0.05) is 24.0 Å². The Hall–Kier alpha value is -4.15. The quantitative estimate of drug-likeness (QED) is 0.152. The molecule has 0 aromatic heterocycles. The summed E-state index contributed by atoms with van der Waals surface area (Å²) >= 11 is 3.51. The van der Waals surface area contributed by atoms with Crippen molar-refractivity contribution in [2.45, 2.75) is 51.1 Å². The van der Waals surface area contributed by atoms with Crippen LogP contribution in [0.1, 0.15) is 37.0 Å². The average Bonchev–Trinajstić information content (AvgIpc) is 3.05. The number of hydrogen-bond donors (Lipinski definition) is 1. The molecule has 0 unspecified atom stereocenters. The summed E-state index contributed by atoms with van der Waals surface area (Å²) in [5.74, 6) is -0.239. The number of aryl methyl sites for hydroxylation is 1. The molecule has 4 aromatic rings. The van der Waals surface area contributed by atoms with E-state index in [2.05, 4.69) is 21.2 Å². The molecule has 46 heavy (non-hydrogen) atoms. The summed E-state index contributed by atoms with van der Waals surface area (Å²) in [7, 11) is -4.19. The van der Waals surface area contributed by atoms with E-state index in [9.17, 15) is 18.0 Å². The molecule has 0 aliphatic rings. The average molecular weight is 707 g/mol. The third-order valence-corrected chi connectivity index (χ3v) is 9.67. The van der Waals surface area contributed by atoms with Gasteiger partial charge in [0.05, 0.1) is 17.2 Å². The highest BCUT2D eigenvalue weighted by atomic mass is 79.9. The number of benzene rings is 4. The van der Waals surface area contributed by atoms with Crippen LogP contribution in [0.15, 0.2) is 112 Å². The van der Waals surface area contributed by atoms with Crippen LogP contribution in [-0.4, -0.2) is 50.9 Å². The van der Waals surface area contributed by atoms with E-state index >= 15 is 0 Å². The number of amides is 2. The molecular weight excluding hydrogens is 666 g/mol. The Morgan fingerprint density at radius 1 is 0.870 bits per heavy atom. The van der Waals surface area contributed by atoms with Crippen molar-refractivity contribution in [3.8, 4) is 5.75 Å². The Bertz CT molecular complexity index is 1700. The first-order valence-corrected chi connectivity index (χ1v) is 17.5. The first-order chi connectivity index (χ1) is 22.1. The molecule has 10 heteroatoms. The summed E-state index contributed by atoms with van der Waals surface area (Å²) in [6.45, 7) is 6.17. The molecule has 2 amide bonds. The fourth-order valence-electron chi connectivity index (χ4n) is 4.99. The van der Waals surface area contributed by atoms with Gasteiger partial charge in [-0.1, -0.05) is 83.0 Å². The molecule has 4 aromatic carbocycles. The van der Waals surface area contributed by atoms with Crippen LogP contribution >= 0.6 is 15.9 Å². The van der Waals surface area contributed by atoms with Gasteiger partial charge in [-0.3, -0.25) is 13.9 Å². The maximum absolute atomic E-state index is 14.5. The van der Waals surface area contributed by atoms with Crippen molar-refractivity contribution in [3.63, 3.8) is 0 Å². The second-order valence-corrected chi connectivity index (χ2v) is 13.7. The SMILES string of the molecule is CCCNC(=O)[C@@H](Cc1ccccc1)N(Cc1cccc(Br)c1)C(=O)CN(c1ccc(OCC)cc1)S(=O)(=O)c1ccc(C)cc1. The fourth-order valence-corrected chi connectivity index (χ4v) is 6.85. The van der Waals surface area contributed by atoms with E-state index in [0.29, 0.717) is 24.6 Å². The number of sulfonamides is 1. The number of carbonyl (C=O) groups is 2. The Morgan fingerprint density at radius 3 is 2.17 bits per heavy atom. The number of carbonyl (C=O) groups excluding carboxylic acids is 2. The lowest BCUT2D eigenvalue weighted by Crippen LogP contribution is -2.53. The van der Waals surface area contributed by atoms with E-state index in [0.717, 1.165) is 31.9 Å². The van der Waals surface area contributed by atoms with E-state index in [4.69, 9.17) is 4.74 Å². The molecule has 0 saturated carbocycles. The van der Waals surface area contributed by atoms with E-state index in [1.165, 1.54) is 17.0 Å². The Kier molecular flexibility index (Phi) is 12.4. The topological polar surface area (TPSA) is 96.0 Å². The van der Waals surface area contributed by atoms with Gasteiger partial charge in [0.15, 0.2) is 0 Å². The van der Waals surface area contributed by atoms with Crippen LogP contribution in [0.3, 0.4) is 0 Å². The zero-order valence-corrected chi connectivity index (χ0v) is 28.8. The summed E-state index contributed by atoms with van der Waals surface area (Å²) < 4.78 is 35.9. The minimum absolute atomic E-state index is 0.0554. The Balaban J connectivity index is 1.79. The van der Waals surface area contributed by atoms with E-state index < -0.39 is 28.5 Å². The highest BCUT2D eigenvalue weighted by Crippen LogP contribution is 2.27.